The Bertz CT molecular complexity index is 790. The van der Waals surface area contributed by atoms with Crippen molar-refractivity contribution in [2.24, 2.45) is 0 Å². The van der Waals surface area contributed by atoms with Crippen LogP contribution in [-0.4, -0.2) is 10.2 Å². The molecule has 0 atom stereocenters. The molecule has 2 aromatic carbocycles. The molecule has 112 valence electrons. The molecule has 0 aliphatic rings. The molecule has 1 aromatic heterocycles. The number of hydrogen-bond acceptors (Lipinski definition) is 4. The second-order valence-corrected chi connectivity index (χ2v) is 4.81. The summed E-state index contributed by atoms with van der Waals surface area (Å²) in [5, 5.41) is 8.27. The predicted octanol–water partition coefficient (Wildman–Crippen LogP) is 4.25. The van der Waals surface area contributed by atoms with Crippen molar-refractivity contribution >= 4 is 11.6 Å². The summed E-state index contributed by atoms with van der Waals surface area (Å²) >= 11 is 5.80. The van der Waals surface area contributed by atoms with Crippen molar-refractivity contribution < 1.29 is 17.9 Å². The summed E-state index contributed by atoms with van der Waals surface area (Å²) in [7, 11) is 0. The third-order valence-corrected chi connectivity index (χ3v) is 3.06. The van der Waals surface area contributed by atoms with E-state index >= 15 is 0 Å². The molecule has 3 aromatic rings. The topological polar surface area (TPSA) is 48.2 Å². The molecule has 7 heteroatoms. The first-order valence-corrected chi connectivity index (χ1v) is 6.66. The zero-order chi connectivity index (χ0) is 15.5. The van der Waals surface area contributed by atoms with E-state index in [4.69, 9.17) is 20.8 Å². The molecule has 0 saturated carbocycles. The third kappa shape index (κ3) is 3.23. The highest BCUT2D eigenvalue weighted by Crippen LogP contribution is 2.22. The summed E-state index contributed by atoms with van der Waals surface area (Å²) in [6.07, 6.45) is 0. The first-order chi connectivity index (χ1) is 10.6. The van der Waals surface area contributed by atoms with Gasteiger partial charge in [-0.05, 0) is 36.4 Å². The van der Waals surface area contributed by atoms with Crippen LogP contribution >= 0.6 is 11.6 Å². The first-order valence-electron chi connectivity index (χ1n) is 6.28. The van der Waals surface area contributed by atoms with E-state index in [1.807, 2.05) is 0 Å². The Morgan fingerprint density at radius 3 is 2.55 bits per heavy atom. The lowest BCUT2D eigenvalue weighted by molar-refractivity contribution is 0.252. The fraction of sp³-hybridized carbons (Fsp3) is 0.0667. The molecule has 0 aliphatic carbocycles. The number of ether oxygens (including phenoxy) is 1. The fourth-order valence-electron chi connectivity index (χ4n) is 1.75. The second-order valence-electron chi connectivity index (χ2n) is 4.37. The fourth-order valence-corrected chi connectivity index (χ4v) is 1.88. The minimum Gasteiger partial charge on any atom is -0.481 e. The van der Waals surface area contributed by atoms with Gasteiger partial charge in [-0.3, -0.25) is 0 Å². The van der Waals surface area contributed by atoms with Gasteiger partial charge >= 0.3 is 0 Å². The van der Waals surface area contributed by atoms with E-state index in [1.54, 1.807) is 24.3 Å². The van der Waals surface area contributed by atoms with Crippen LogP contribution in [0, 0.1) is 11.6 Å². The number of halogens is 3. The lowest BCUT2D eigenvalue weighted by Gasteiger charge is -2.04. The molecular formula is C15H9ClF2N2O2. The Balaban J connectivity index is 1.70. The van der Waals surface area contributed by atoms with Crippen LogP contribution < -0.4 is 4.74 Å². The summed E-state index contributed by atoms with van der Waals surface area (Å²) in [5.74, 6) is -1.08. The molecule has 0 unspecified atom stereocenters. The van der Waals surface area contributed by atoms with Gasteiger partial charge in [-0.25, -0.2) is 8.78 Å². The molecule has 0 radical (unpaired) electrons. The van der Waals surface area contributed by atoms with Crippen molar-refractivity contribution in [3.05, 3.63) is 65.0 Å². The Morgan fingerprint density at radius 2 is 1.82 bits per heavy atom. The molecule has 0 saturated heterocycles. The van der Waals surface area contributed by atoms with Gasteiger partial charge in [0.2, 0.25) is 5.89 Å². The van der Waals surface area contributed by atoms with Crippen LogP contribution in [0.1, 0.15) is 5.89 Å². The van der Waals surface area contributed by atoms with E-state index in [2.05, 4.69) is 10.2 Å². The summed E-state index contributed by atoms with van der Waals surface area (Å²) in [6, 6.07) is 9.91. The summed E-state index contributed by atoms with van der Waals surface area (Å²) < 4.78 is 36.8. The molecule has 0 bridgehead atoms. The van der Waals surface area contributed by atoms with Crippen LogP contribution in [0.25, 0.3) is 11.5 Å². The van der Waals surface area contributed by atoms with Crippen molar-refractivity contribution in [3.63, 3.8) is 0 Å². The maximum absolute atomic E-state index is 13.4. The third-order valence-electron chi connectivity index (χ3n) is 2.80. The Morgan fingerprint density at radius 1 is 1.05 bits per heavy atom. The van der Waals surface area contributed by atoms with Gasteiger partial charge < -0.3 is 9.15 Å². The number of aromatic nitrogens is 2. The summed E-state index contributed by atoms with van der Waals surface area (Å²) in [4.78, 5) is 0. The number of benzene rings is 2. The quantitative estimate of drug-likeness (QED) is 0.720. The molecule has 4 nitrogen and oxygen atoms in total. The zero-order valence-corrected chi connectivity index (χ0v) is 11.8. The lowest BCUT2D eigenvalue weighted by atomic mass is 10.2. The SMILES string of the molecule is Fc1ccc(OCc2nnc(-c3ccc(Cl)cc3)o2)c(F)c1. The van der Waals surface area contributed by atoms with Crippen molar-refractivity contribution in [3.8, 4) is 17.2 Å². The molecular weight excluding hydrogens is 314 g/mol. The highest BCUT2D eigenvalue weighted by molar-refractivity contribution is 6.30. The van der Waals surface area contributed by atoms with Gasteiger partial charge in [0.05, 0.1) is 0 Å². The minimum absolute atomic E-state index is 0.0901. The lowest BCUT2D eigenvalue weighted by Crippen LogP contribution is -1.98. The number of hydrogen-bond donors (Lipinski definition) is 0. The van der Waals surface area contributed by atoms with Crippen molar-refractivity contribution in [1.82, 2.24) is 10.2 Å². The van der Waals surface area contributed by atoms with Crippen LogP contribution in [-0.2, 0) is 6.61 Å². The minimum atomic E-state index is -0.794. The average molecular weight is 323 g/mol. The van der Waals surface area contributed by atoms with Gasteiger partial charge in [-0.2, -0.15) is 0 Å². The van der Waals surface area contributed by atoms with Crippen LogP contribution in [0.4, 0.5) is 8.78 Å². The molecule has 0 amide bonds. The van der Waals surface area contributed by atoms with Gasteiger partial charge in [0.1, 0.15) is 5.82 Å². The van der Waals surface area contributed by atoms with E-state index < -0.39 is 11.6 Å². The van der Waals surface area contributed by atoms with Gasteiger partial charge in [0.15, 0.2) is 18.2 Å². The maximum atomic E-state index is 13.4. The molecule has 0 N–H and O–H groups in total. The zero-order valence-electron chi connectivity index (χ0n) is 11.1. The number of rotatable bonds is 4. The van der Waals surface area contributed by atoms with E-state index in [9.17, 15) is 8.78 Å². The monoisotopic (exact) mass is 322 g/mol. The predicted molar refractivity (Wildman–Crippen MR) is 75.4 cm³/mol. The molecule has 0 aliphatic heterocycles. The molecule has 22 heavy (non-hydrogen) atoms. The first kappa shape index (κ1) is 14.5. The molecule has 3 rings (SSSR count). The smallest absolute Gasteiger partial charge is 0.254 e. The highest BCUT2D eigenvalue weighted by atomic mass is 35.5. The van der Waals surface area contributed by atoms with Gasteiger partial charge in [-0.15, -0.1) is 10.2 Å². The second kappa shape index (κ2) is 6.11. The van der Waals surface area contributed by atoms with Gasteiger partial charge in [0.25, 0.3) is 5.89 Å². The van der Waals surface area contributed by atoms with Crippen molar-refractivity contribution in [2.75, 3.05) is 0 Å². The Hall–Kier alpha value is -2.47. The molecule has 0 fully saturated rings. The summed E-state index contributed by atoms with van der Waals surface area (Å²) in [5.41, 5.74) is 0.705. The van der Waals surface area contributed by atoms with Gasteiger partial charge in [-0.1, -0.05) is 11.6 Å². The van der Waals surface area contributed by atoms with Crippen LogP contribution in [0.2, 0.25) is 5.02 Å². The molecule has 0 spiro atoms. The maximum Gasteiger partial charge on any atom is 0.254 e. The van der Waals surface area contributed by atoms with E-state index in [0.29, 0.717) is 16.5 Å². The Labute approximate surface area is 129 Å². The highest BCUT2D eigenvalue weighted by Gasteiger charge is 2.11. The van der Waals surface area contributed by atoms with E-state index in [0.717, 1.165) is 12.1 Å². The van der Waals surface area contributed by atoms with Gasteiger partial charge in [0, 0.05) is 16.7 Å². The van der Waals surface area contributed by atoms with Crippen LogP contribution in [0.3, 0.4) is 0 Å². The van der Waals surface area contributed by atoms with Crippen LogP contribution in [0.5, 0.6) is 5.75 Å². The Kier molecular flexibility index (Phi) is 4.02. The van der Waals surface area contributed by atoms with E-state index in [-0.39, 0.29) is 18.2 Å². The van der Waals surface area contributed by atoms with Crippen molar-refractivity contribution in [1.29, 1.82) is 0 Å². The summed E-state index contributed by atoms with van der Waals surface area (Å²) in [6.45, 7) is -0.122. The molecule has 1 heterocycles. The number of nitrogens with zero attached hydrogens (tertiary/aromatic N) is 2. The normalized spacial score (nSPS) is 10.7. The largest absolute Gasteiger partial charge is 0.481 e. The average Bonchev–Trinajstić information content (AvgIpc) is 2.96. The van der Waals surface area contributed by atoms with E-state index in [1.165, 1.54) is 6.07 Å². The standard InChI is InChI=1S/C15H9ClF2N2O2/c16-10-3-1-9(2-4-10)15-20-19-14(22-15)8-21-13-6-5-11(17)7-12(13)18/h1-7H,8H2. The van der Waals surface area contributed by atoms with Crippen LogP contribution in [0.15, 0.2) is 46.9 Å². The van der Waals surface area contributed by atoms with Crippen molar-refractivity contribution in [2.45, 2.75) is 6.61 Å².